The Balaban J connectivity index is 1.75. The van der Waals surface area contributed by atoms with Crippen LogP contribution in [0, 0.1) is 11.8 Å². The van der Waals surface area contributed by atoms with Crippen LogP contribution >= 0.6 is 0 Å². The fourth-order valence-electron chi connectivity index (χ4n) is 4.43. The largest absolute Gasteiger partial charge is 0.459 e. The average Bonchev–Trinajstić information content (AvgIpc) is 2.58. The van der Waals surface area contributed by atoms with E-state index in [-0.39, 0.29) is 24.1 Å². The SMILES string of the molecule is CCC(=O)OC1CC2CCc3ccccc3CCC2CC1OC(C)=O. The van der Waals surface area contributed by atoms with Gasteiger partial charge < -0.3 is 9.47 Å². The first-order chi connectivity index (χ1) is 12.1. The van der Waals surface area contributed by atoms with Gasteiger partial charge in [-0.2, -0.15) is 0 Å². The Morgan fingerprint density at radius 3 is 1.96 bits per heavy atom. The summed E-state index contributed by atoms with van der Waals surface area (Å²) in [6, 6.07) is 8.69. The van der Waals surface area contributed by atoms with Gasteiger partial charge in [0.1, 0.15) is 12.2 Å². The van der Waals surface area contributed by atoms with Crippen LogP contribution in [0.15, 0.2) is 24.3 Å². The van der Waals surface area contributed by atoms with Gasteiger partial charge in [-0.1, -0.05) is 31.2 Å². The highest BCUT2D eigenvalue weighted by Crippen LogP contribution is 2.40. The van der Waals surface area contributed by atoms with E-state index in [0.717, 1.165) is 38.5 Å². The summed E-state index contributed by atoms with van der Waals surface area (Å²) in [5.74, 6) is 0.540. The molecular formula is C21H28O4. The molecule has 0 bridgehead atoms. The molecule has 4 atom stereocenters. The van der Waals surface area contributed by atoms with Crippen LogP contribution in [0.2, 0.25) is 0 Å². The lowest BCUT2D eigenvalue weighted by Crippen LogP contribution is -2.44. The van der Waals surface area contributed by atoms with Crippen molar-refractivity contribution in [3.8, 4) is 0 Å². The zero-order valence-electron chi connectivity index (χ0n) is 15.2. The number of hydrogen-bond donors (Lipinski definition) is 0. The van der Waals surface area contributed by atoms with Gasteiger partial charge in [0, 0.05) is 13.3 Å². The third kappa shape index (κ3) is 4.42. The maximum absolute atomic E-state index is 11.8. The molecule has 1 aromatic rings. The number of aryl methyl sites for hydroxylation is 2. The fourth-order valence-corrected chi connectivity index (χ4v) is 4.43. The Kier molecular flexibility index (Phi) is 5.77. The van der Waals surface area contributed by atoms with Crippen LogP contribution in [0.1, 0.15) is 57.1 Å². The normalized spacial score (nSPS) is 28.7. The first-order valence-corrected chi connectivity index (χ1v) is 9.50. The summed E-state index contributed by atoms with van der Waals surface area (Å²) < 4.78 is 11.2. The average molecular weight is 344 g/mol. The summed E-state index contributed by atoms with van der Waals surface area (Å²) in [4.78, 5) is 23.3. The zero-order valence-corrected chi connectivity index (χ0v) is 15.2. The van der Waals surface area contributed by atoms with E-state index in [4.69, 9.17) is 9.47 Å². The van der Waals surface area contributed by atoms with Crippen molar-refractivity contribution < 1.29 is 19.1 Å². The lowest BCUT2D eigenvalue weighted by Gasteiger charge is -2.41. The molecule has 0 spiro atoms. The van der Waals surface area contributed by atoms with Gasteiger partial charge in [0.15, 0.2) is 0 Å². The monoisotopic (exact) mass is 344 g/mol. The Labute approximate surface area is 149 Å². The van der Waals surface area contributed by atoms with E-state index in [1.807, 2.05) is 0 Å². The molecule has 0 heterocycles. The quantitative estimate of drug-likeness (QED) is 0.782. The number of carbonyl (C=O) groups excluding carboxylic acids is 2. The number of rotatable bonds is 3. The summed E-state index contributed by atoms with van der Waals surface area (Å²) in [5.41, 5.74) is 2.90. The van der Waals surface area contributed by atoms with Crippen molar-refractivity contribution in [1.82, 2.24) is 0 Å². The fraction of sp³-hybridized carbons (Fsp3) is 0.619. The second-order valence-corrected chi connectivity index (χ2v) is 7.37. The highest BCUT2D eigenvalue weighted by molar-refractivity contribution is 5.69. The summed E-state index contributed by atoms with van der Waals surface area (Å²) >= 11 is 0. The summed E-state index contributed by atoms with van der Waals surface area (Å²) in [7, 11) is 0. The molecule has 136 valence electrons. The van der Waals surface area contributed by atoms with Crippen molar-refractivity contribution >= 4 is 11.9 Å². The van der Waals surface area contributed by atoms with E-state index in [0.29, 0.717) is 18.3 Å². The summed E-state index contributed by atoms with van der Waals surface area (Å²) in [6.45, 7) is 3.22. The van der Waals surface area contributed by atoms with E-state index in [2.05, 4.69) is 24.3 Å². The predicted molar refractivity (Wildman–Crippen MR) is 95.0 cm³/mol. The van der Waals surface area contributed by atoms with E-state index >= 15 is 0 Å². The van der Waals surface area contributed by atoms with Gasteiger partial charge in [0.05, 0.1) is 0 Å². The molecule has 2 aliphatic carbocycles. The molecule has 0 N–H and O–H groups in total. The zero-order chi connectivity index (χ0) is 17.8. The van der Waals surface area contributed by atoms with E-state index < -0.39 is 0 Å². The van der Waals surface area contributed by atoms with Crippen molar-refractivity contribution in [3.05, 3.63) is 35.4 Å². The molecule has 0 aromatic heterocycles. The first-order valence-electron chi connectivity index (χ1n) is 9.50. The Morgan fingerprint density at radius 2 is 1.48 bits per heavy atom. The molecule has 0 saturated heterocycles. The molecule has 4 nitrogen and oxygen atoms in total. The minimum absolute atomic E-state index is 0.211. The molecular weight excluding hydrogens is 316 g/mol. The summed E-state index contributed by atoms with van der Waals surface area (Å²) in [6.07, 6.45) is 5.71. The number of benzene rings is 1. The van der Waals surface area contributed by atoms with Crippen LogP contribution in [0.3, 0.4) is 0 Å². The molecule has 2 aliphatic rings. The van der Waals surface area contributed by atoms with Gasteiger partial charge in [0.25, 0.3) is 0 Å². The van der Waals surface area contributed by atoms with Crippen molar-refractivity contribution in [2.24, 2.45) is 11.8 Å². The molecule has 1 saturated carbocycles. The van der Waals surface area contributed by atoms with Gasteiger partial charge in [-0.3, -0.25) is 9.59 Å². The maximum Gasteiger partial charge on any atom is 0.305 e. The van der Waals surface area contributed by atoms with Crippen LogP contribution < -0.4 is 0 Å². The van der Waals surface area contributed by atoms with Crippen LogP contribution in [-0.2, 0) is 31.9 Å². The Morgan fingerprint density at radius 1 is 0.960 bits per heavy atom. The van der Waals surface area contributed by atoms with Gasteiger partial charge in [0.2, 0.25) is 0 Å². The highest BCUT2D eigenvalue weighted by atomic mass is 16.6. The first kappa shape index (κ1) is 18.0. The predicted octanol–water partition coefficient (Wildman–Crippen LogP) is 3.85. The molecule has 4 heteroatoms. The minimum Gasteiger partial charge on any atom is -0.459 e. The summed E-state index contributed by atoms with van der Waals surface area (Å²) in [5, 5.41) is 0. The molecule has 1 aromatic carbocycles. The second-order valence-electron chi connectivity index (χ2n) is 7.37. The van der Waals surface area contributed by atoms with E-state index in [9.17, 15) is 9.59 Å². The lowest BCUT2D eigenvalue weighted by atomic mass is 9.70. The third-order valence-corrected chi connectivity index (χ3v) is 5.73. The number of ether oxygens (including phenoxy) is 2. The van der Waals surface area contributed by atoms with Crippen LogP contribution in [-0.4, -0.2) is 24.1 Å². The van der Waals surface area contributed by atoms with Gasteiger partial charge in [-0.05, 0) is 61.5 Å². The van der Waals surface area contributed by atoms with Gasteiger partial charge in [-0.15, -0.1) is 0 Å². The molecule has 4 unspecified atom stereocenters. The van der Waals surface area contributed by atoms with Crippen molar-refractivity contribution in [2.75, 3.05) is 0 Å². The molecule has 0 radical (unpaired) electrons. The smallest absolute Gasteiger partial charge is 0.305 e. The van der Waals surface area contributed by atoms with Crippen LogP contribution in [0.4, 0.5) is 0 Å². The molecule has 25 heavy (non-hydrogen) atoms. The van der Waals surface area contributed by atoms with E-state index in [1.54, 1.807) is 6.92 Å². The van der Waals surface area contributed by atoms with Gasteiger partial charge >= 0.3 is 11.9 Å². The minimum atomic E-state index is -0.302. The molecule has 0 aliphatic heterocycles. The van der Waals surface area contributed by atoms with Crippen LogP contribution in [0.25, 0.3) is 0 Å². The number of carbonyl (C=O) groups is 2. The van der Waals surface area contributed by atoms with E-state index in [1.165, 1.54) is 18.1 Å². The maximum atomic E-state index is 11.8. The van der Waals surface area contributed by atoms with Crippen molar-refractivity contribution in [3.63, 3.8) is 0 Å². The molecule has 1 fully saturated rings. The molecule has 0 amide bonds. The van der Waals surface area contributed by atoms with Crippen LogP contribution in [0.5, 0.6) is 0 Å². The number of esters is 2. The van der Waals surface area contributed by atoms with Gasteiger partial charge in [-0.25, -0.2) is 0 Å². The molecule has 3 rings (SSSR count). The van der Waals surface area contributed by atoms with Crippen molar-refractivity contribution in [1.29, 1.82) is 0 Å². The standard InChI is InChI=1S/C21H28O4/c1-3-21(23)25-20-13-18-11-9-16-7-5-4-6-15(16)8-10-17(18)12-19(20)24-14(2)22/h4-7,17-20H,3,8-13H2,1-2H3. The van der Waals surface area contributed by atoms with Crippen molar-refractivity contribution in [2.45, 2.75) is 71.0 Å². The number of fused-ring (bicyclic) bond motifs is 2. The number of hydrogen-bond acceptors (Lipinski definition) is 4. The Hall–Kier alpha value is -1.84. The third-order valence-electron chi connectivity index (χ3n) is 5.73. The lowest BCUT2D eigenvalue weighted by molar-refractivity contribution is -0.175. The second kappa shape index (κ2) is 8.03. The highest BCUT2D eigenvalue weighted by Gasteiger charge is 2.40. The Bertz CT molecular complexity index is 624. The topological polar surface area (TPSA) is 52.6 Å².